The van der Waals surface area contributed by atoms with Gasteiger partial charge in [0, 0.05) is 24.6 Å². The fourth-order valence-corrected chi connectivity index (χ4v) is 3.50. The Balaban J connectivity index is 1.60. The predicted octanol–water partition coefficient (Wildman–Crippen LogP) is 3.74. The van der Waals surface area contributed by atoms with E-state index in [9.17, 15) is 4.79 Å². The van der Waals surface area contributed by atoms with Gasteiger partial charge < -0.3 is 26.4 Å². The molecule has 8 heteroatoms. The molecule has 4 rings (SSSR count). The molecule has 0 saturated carbocycles. The highest BCUT2D eigenvalue weighted by atomic mass is 16.5. The van der Waals surface area contributed by atoms with Crippen molar-refractivity contribution < 1.29 is 9.53 Å². The number of anilines is 5. The van der Waals surface area contributed by atoms with Crippen LogP contribution in [0.3, 0.4) is 0 Å². The van der Waals surface area contributed by atoms with Gasteiger partial charge in [0.2, 0.25) is 5.95 Å². The Labute approximate surface area is 174 Å². The zero-order valence-electron chi connectivity index (χ0n) is 17.0. The minimum Gasteiger partial charge on any atom is -0.492 e. The van der Waals surface area contributed by atoms with Crippen molar-refractivity contribution in [3.63, 3.8) is 0 Å². The van der Waals surface area contributed by atoms with Crippen LogP contribution in [0.5, 0.6) is 5.75 Å². The fraction of sp³-hybridized carbons (Fsp3) is 0.227. The van der Waals surface area contributed by atoms with E-state index in [-0.39, 0.29) is 0 Å². The van der Waals surface area contributed by atoms with Gasteiger partial charge in [0.25, 0.3) is 5.91 Å². The molecule has 0 bridgehead atoms. The van der Waals surface area contributed by atoms with Crippen LogP contribution in [0, 0.1) is 6.92 Å². The molecular formula is C22H24N6O2. The zero-order valence-corrected chi connectivity index (χ0v) is 17.0. The number of carbonyl (C=O) groups is 1. The van der Waals surface area contributed by atoms with Crippen LogP contribution in [-0.4, -0.2) is 29.5 Å². The number of nitrogens with zero attached hydrogens (tertiary/aromatic N) is 2. The molecule has 1 aromatic heterocycles. The van der Waals surface area contributed by atoms with Crippen molar-refractivity contribution in [2.75, 3.05) is 29.6 Å². The Morgan fingerprint density at radius 2 is 2.00 bits per heavy atom. The number of nitrogens with one attached hydrogen (secondary N) is 3. The fourth-order valence-electron chi connectivity index (χ4n) is 3.50. The molecule has 154 valence electrons. The van der Waals surface area contributed by atoms with Crippen molar-refractivity contribution >= 4 is 34.7 Å². The first-order valence-electron chi connectivity index (χ1n) is 9.79. The number of rotatable bonds is 6. The van der Waals surface area contributed by atoms with Crippen LogP contribution in [0.15, 0.2) is 42.6 Å². The Kier molecular flexibility index (Phi) is 5.38. The molecule has 1 aliphatic rings. The summed E-state index contributed by atoms with van der Waals surface area (Å²) in [4.78, 5) is 20.9. The van der Waals surface area contributed by atoms with Crippen molar-refractivity contribution in [2.45, 2.75) is 19.8 Å². The van der Waals surface area contributed by atoms with Crippen molar-refractivity contribution in [2.24, 2.45) is 5.73 Å². The number of carbonyl (C=O) groups excluding carboxylic acids is 1. The van der Waals surface area contributed by atoms with E-state index in [2.05, 4.69) is 25.9 Å². The second-order valence-corrected chi connectivity index (χ2v) is 7.09. The van der Waals surface area contributed by atoms with Gasteiger partial charge in [-0.3, -0.25) is 4.79 Å². The van der Waals surface area contributed by atoms with E-state index >= 15 is 0 Å². The Morgan fingerprint density at radius 1 is 1.13 bits per heavy atom. The molecule has 0 spiro atoms. The first-order chi connectivity index (χ1) is 14.5. The van der Waals surface area contributed by atoms with Crippen LogP contribution in [0.4, 0.5) is 28.8 Å². The normalized spacial score (nSPS) is 12.5. The maximum atomic E-state index is 12.1. The van der Waals surface area contributed by atoms with E-state index in [4.69, 9.17) is 10.5 Å². The van der Waals surface area contributed by atoms with Gasteiger partial charge in [0.15, 0.2) is 0 Å². The van der Waals surface area contributed by atoms with Crippen LogP contribution in [0.25, 0.3) is 0 Å². The van der Waals surface area contributed by atoms with Gasteiger partial charge in [-0.15, -0.1) is 0 Å². The number of fused-ring (bicyclic) bond motifs is 1. The molecule has 0 aliphatic carbocycles. The number of hydrogen-bond acceptors (Lipinski definition) is 7. The maximum Gasteiger partial charge on any atom is 0.254 e. The van der Waals surface area contributed by atoms with E-state index in [0.29, 0.717) is 35.4 Å². The lowest BCUT2D eigenvalue weighted by atomic mass is 10.0. The highest BCUT2D eigenvalue weighted by molar-refractivity contribution is 6.02. The van der Waals surface area contributed by atoms with Crippen molar-refractivity contribution in [3.8, 4) is 5.75 Å². The highest BCUT2D eigenvalue weighted by Crippen LogP contribution is 2.35. The number of primary amides is 1. The minimum absolute atomic E-state index is 0.345. The van der Waals surface area contributed by atoms with Crippen LogP contribution in [0.1, 0.15) is 27.9 Å². The van der Waals surface area contributed by atoms with Crippen LogP contribution >= 0.6 is 0 Å². The second kappa shape index (κ2) is 8.28. The number of hydrogen-bond donors (Lipinski definition) is 4. The van der Waals surface area contributed by atoms with E-state index < -0.39 is 5.91 Å². The molecule has 1 aliphatic heterocycles. The Hall–Kier alpha value is -3.81. The summed E-state index contributed by atoms with van der Waals surface area (Å²) in [6, 6.07) is 11.5. The lowest BCUT2D eigenvalue weighted by Crippen LogP contribution is -2.19. The summed E-state index contributed by atoms with van der Waals surface area (Å²) in [6.07, 6.45) is 3.43. The summed E-state index contributed by atoms with van der Waals surface area (Å²) >= 11 is 0. The summed E-state index contributed by atoms with van der Waals surface area (Å²) < 4.78 is 5.74. The number of ether oxygens (including phenoxy) is 1. The third-order valence-corrected chi connectivity index (χ3v) is 5.00. The smallest absolute Gasteiger partial charge is 0.254 e. The molecule has 30 heavy (non-hydrogen) atoms. The van der Waals surface area contributed by atoms with E-state index in [1.807, 2.05) is 44.3 Å². The van der Waals surface area contributed by atoms with Gasteiger partial charge in [-0.1, -0.05) is 12.1 Å². The topological polar surface area (TPSA) is 114 Å². The molecule has 0 atom stereocenters. The lowest BCUT2D eigenvalue weighted by Gasteiger charge is -2.21. The van der Waals surface area contributed by atoms with Crippen molar-refractivity contribution in [3.05, 3.63) is 59.3 Å². The molecule has 3 aromatic rings. The first kappa shape index (κ1) is 19.5. The van der Waals surface area contributed by atoms with Gasteiger partial charge >= 0.3 is 0 Å². The second-order valence-electron chi connectivity index (χ2n) is 7.09. The first-order valence-corrected chi connectivity index (χ1v) is 9.79. The maximum absolute atomic E-state index is 12.1. The zero-order chi connectivity index (χ0) is 21.1. The number of aryl methyl sites for hydroxylation is 2. The molecule has 2 heterocycles. The number of nitrogens with two attached hydrogens (primary N) is 1. The largest absolute Gasteiger partial charge is 0.492 e. The van der Waals surface area contributed by atoms with Crippen molar-refractivity contribution in [1.82, 2.24) is 9.97 Å². The minimum atomic E-state index is -0.539. The third kappa shape index (κ3) is 3.98. The Morgan fingerprint density at radius 3 is 2.80 bits per heavy atom. The van der Waals surface area contributed by atoms with Gasteiger partial charge in [-0.2, -0.15) is 4.98 Å². The average molecular weight is 404 g/mol. The summed E-state index contributed by atoms with van der Waals surface area (Å²) in [5.41, 5.74) is 10.6. The number of benzene rings is 2. The van der Waals surface area contributed by atoms with Gasteiger partial charge in [-0.05, 0) is 55.2 Å². The van der Waals surface area contributed by atoms with Gasteiger partial charge in [0.05, 0.1) is 12.3 Å². The molecule has 2 aromatic carbocycles. The monoisotopic (exact) mass is 404 g/mol. The molecule has 8 nitrogen and oxygen atoms in total. The summed E-state index contributed by atoms with van der Waals surface area (Å²) in [7, 11) is 1.88. The van der Waals surface area contributed by atoms with Crippen molar-refractivity contribution in [1.29, 1.82) is 0 Å². The van der Waals surface area contributed by atoms with E-state index in [1.165, 1.54) is 0 Å². The molecule has 1 amide bonds. The molecule has 0 radical (unpaired) electrons. The quantitative estimate of drug-likeness (QED) is 0.495. The third-order valence-electron chi connectivity index (χ3n) is 5.00. The van der Waals surface area contributed by atoms with Crippen LogP contribution < -0.4 is 26.4 Å². The number of amides is 1. The lowest BCUT2D eigenvalue weighted by molar-refractivity contribution is 0.0996. The Bertz CT molecular complexity index is 1100. The SMILES string of the molecule is CNc1cc(Nc2nccc(Nc3ccc4c(c3C(N)=O)OCCC4)n2)ccc1C. The highest BCUT2D eigenvalue weighted by Gasteiger charge is 2.22. The van der Waals surface area contributed by atoms with E-state index in [0.717, 1.165) is 35.3 Å². The molecular weight excluding hydrogens is 380 g/mol. The summed E-state index contributed by atoms with van der Waals surface area (Å²) in [5, 5.41) is 9.54. The van der Waals surface area contributed by atoms with Crippen LogP contribution in [-0.2, 0) is 6.42 Å². The van der Waals surface area contributed by atoms with Crippen LogP contribution in [0.2, 0.25) is 0 Å². The van der Waals surface area contributed by atoms with Gasteiger partial charge in [-0.25, -0.2) is 4.98 Å². The summed E-state index contributed by atoms with van der Waals surface area (Å²) in [6.45, 7) is 2.61. The molecule has 0 saturated heterocycles. The standard InChI is InChI=1S/C22H24N6O2/c1-13-5-7-15(12-17(13)24-2)26-22-25-10-9-18(28-22)27-16-8-6-14-4-3-11-30-20(14)19(16)21(23)29/h5-10,12,24H,3-4,11H2,1-2H3,(H2,23,29)(H2,25,26,27,28). The van der Waals surface area contributed by atoms with Gasteiger partial charge in [0.1, 0.15) is 17.1 Å². The number of aromatic nitrogens is 2. The van der Waals surface area contributed by atoms with E-state index in [1.54, 1.807) is 12.3 Å². The molecule has 5 N–H and O–H groups in total. The summed E-state index contributed by atoms with van der Waals surface area (Å²) in [5.74, 6) is 0.987. The average Bonchev–Trinajstić information content (AvgIpc) is 2.75. The molecule has 0 unspecified atom stereocenters. The molecule has 0 fully saturated rings. The predicted molar refractivity (Wildman–Crippen MR) is 118 cm³/mol.